The molecular weight excluding hydrogens is 401 g/mol. The number of nitrogens with zero attached hydrogens (tertiary/aromatic N) is 1. The van der Waals surface area contributed by atoms with Crippen LogP contribution in [0, 0.1) is 6.92 Å². The minimum atomic E-state index is -4.53. The average molecular weight is 418 g/mol. The molecule has 0 aliphatic carbocycles. The van der Waals surface area contributed by atoms with Crippen LogP contribution in [-0.2, 0) is 21.0 Å². The molecule has 27 heavy (non-hydrogen) atoms. The molecule has 0 bridgehead atoms. The lowest BCUT2D eigenvalue weighted by molar-refractivity contribution is -0.137. The van der Waals surface area contributed by atoms with E-state index < -0.39 is 33.7 Å². The van der Waals surface area contributed by atoms with Crippen LogP contribution in [0.4, 0.5) is 18.9 Å². The van der Waals surface area contributed by atoms with Gasteiger partial charge in [-0.3, -0.25) is 4.79 Å². The molecule has 1 saturated heterocycles. The van der Waals surface area contributed by atoms with Gasteiger partial charge in [0.1, 0.15) is 10.3 Å². The summed E-state index contributed by atoms with van der Waals surface area (Å²) >= 11 is 1.12. The number of thiophene rings is 1. The zero-order valence-electron chi connectivity index (χ0n) is 14.3. The van der Waals surface area contributed by atoms with Crippen molar-refractivity contribution in [2.24, 2.45) is 0 Å². The van der Waals surface area contributed by atoms with Crippen molar-refractivity contribution >= 4 is 33.0 Å². The Morgan fingerprint density at radius 2 is 2.00 bits per heavy atom. The SMILES string of the molecule is Cc1ccc(S(=O)(=O)N2CCC[C@H]2C(=O)Nc2cccc(C(F)(F)F)c2)s1. The number of benzene rings is 1. The normalized spacial score (nSPS) is 18.6. The van der Waals surface area contributed by atoms with Crippen molar-refractivity contribution in [2.75, 3.05) is 11.9 Å². The lowest BCUT2D eigenvalue weighted by atomic mass is 10.1. The third kappa shape index (κ3) is 4.17. The van der Waals surface area contributed by atoms with E-state index in [9.17, 15) is 26.4 Å². The van der Waals surface area contributed by atoms with Gasteiger partial charge < -0.3 is 5.32 Å². The maximum absolute atomic E-state index is 12.8. The standard InChI is InChI=1S/C17H17F3N2O3S2/c1-11-7-8-15(26-11)27(24,25)22-9-3-6-14(22)16(23)21-13-5-2-4-12(10-13)17(18,19)20/h2,4-5,7-8,10,14H,3,6,9H2,1H3,(H,21,23)/t14-/m0/s1. The Labute approximate surface area is 158 Å². The van der Waals surface area contributed by atoms with Crippen LogP contribution in [0.25, 0.3) is 0 Å². The van der Waals surface area contributed by atoms with Gasteiger partial charge in [0.05, 0.1) is 5.56 Å². The molecule has 1 aromatic carbocycles. The van der Waals surface area contributed by atoms with Crippen LogP contribution in [0.3, 0.4) is 0 Å². The predicted octanol–water partition coefficient (Wildman–Crippen LogP) is 3.87. The number of rotatable bonds is 4. The summed E-state index contributed by atoms with van der Waals surface area (Å²) in [5.74, 6) is -0.635. The van der Waals surface area contributed by atoms with Gasteiger partial charge in [-0.1, -0.05) is 6.07 Å². The molecule has 3 rings (SSSR count). The number of nitrogens with one attached hydrogen (secondary N) is 1. The Morgan fingerprint density at radius 3 is 2.63 bits per heavy atom. The maximum atomic E-state index is 12.8. The van der Waals surface area contributed by atoms with E-state index in [0.29, 0.717) is 12.8 Å². The van der Waals surface area contributed by atoms with Crippen molar-refractivity contribution in [2.45, 2.75) is 36.2 Å². The molecule has 1 aromatic heterocycles. The van der Waals surface area contributed by atoms with Gasteiger partial charge in [-0.15, -0.1) is 11.3 Å². The van der Waals surface area contributed by atoms with E-state index in [4.69, 9.17) is 0 Å². The van der Waals surface area contributed by atoms with E-state index in [-0.39, 0.29) is 16.4 Å². The van der Waals surface area contributed by atoms with Gasteiger partial charge in [-0.25, -0.2) is 8.42 Å². The first-order valence-electron chi connectivity index (χ1n) is 8.15. The number of anilines is 1. The van der Waals surface area contributed by atoms with Crippen LogP contribution >= 0.6 is 11.3 Å². The average Bonchev–Trinajstić information content (AvgIpc) is 3.23. The topological polar surface area (TPSA) is 66.5 Å². The van der Waals surface area contributed by atoms with E-state index in [1.807, 2.05) is 0 Å². The summed E-state index contributed by atoms with van der Waals surface area (Å²) in [7, 11) is -3.82. The number of hydrogen-bond donors (Lipinski definition) is 1. The molecule has 10 heteroatoms. The minimum Gasteiger partial charge on any atom is -0.325 e. The fourth-order valence-electron chi connectivity index (χ4n) is 2.96. The van der Waals surface area contributed by atoms with E-state index in [1.165, 1.54) is 18.2 Å². The number of hydrogen-bond acceptors (Lipinski definition) is 4. The molecule has 0 radical (unpaired) electrons. The number of halogens is 3. The van der Waals surface area contributed by atoms with Gasteiger partial charge >= 0.3 is 6.18 Å². The molecule has 2 heterocycles. The van der Waals surface area contributed by atoms with Crippen LogP contribution in [0.2, 0.25) is 0 Å². The highest BCUT2D eigenvalue weighted by Crippen LogP contribution is 2.32. The summed E-state index contributed by atoms with van der Waals surface area (Å²) in [4.78, 5) is 13.4. The second-order valence-corrected chi connectivity index (χ2v) is 9.61. The minimum absolute atomic E-state index is 0.0222. The molecule has 1 aliphatic heterocycles. The van der Waals surface area contributed by atoms with Crippen molar-refractivity contribution in [3.8, 4) is 0 Å². The Bertz CT molecular complexity index is 954. The molecule has 5 nitrogen and oxygen atoms in total. The lowest BCUT2D eigenvalue weighted by Gasteiger charge is -2.22. The number of aryl methyl sites for hydroxylation is 1. The third-order valence-electron chi connectivity index (χ3n) is 4.24. The van der Waals surface area contributed by atoms with Crippen molar-refractivity contribution in [1.29, 1.82) is 0 Å². The molecule has 0 unspecified atom stereocenters. The summed E-state index contributed by atoms with van der Waals surface area (Å²) in [6, 6.07) is 6.49. The number of carbonyl (C=O) groups excluding carboxylic acids is 1. The summed E-state index contributed by atoms with van der Waals surface area (Å²) in [6.45, 7) is 1.98. The van der Waals surface area contributed by atoms with Crippen molar-refractivity contribution in [3.05, 3.63) is 46.8 Å². The summed E-state index contributed by atoms with van der Waals surface area (Å²) in [5, 5.41) is 2.41. The number of sulfonamides is 1. The zero-order valence-corrected chi connectivity index (χ0v) is 15.9. The predicted molar refractivity (Wildman–Crippen MR) is 96.0 cm³/mol. The van der Waals surface area contributed by atoms with Crippen LogP contribution in [-0.4, -0.2) is 31.2 Å². The Balaban J connectivity index is 1.80. The van der Waals surface area contributed by atoms with E-state index in [1.54, 1.807) is 13.0 Å². The summed E-state index contributed by atoms with van der Waals surface area (Å²) in [6.07, 6.45) is -3.71. The smallest absolute Gasteiger partial charge is 0.325 e. The Kier molecular flexibility index (Phi) is 5.33. The Morgan fingerprint density at radius 1 is 1.26 bits per heavy atom. The molecular formula is C17H17F3N2O3S2. The van der Waals surface area contributed by atoms with Gasteiger partial charge in [0.15, 0.2) is 0 Å². The molecule has 1 aliphatic rings. The monoisotopic (exact) mass is 418 g/mol. The van der Waals surface area contributed by atoms with E-state index in [0.717, 1.165) is 32.7 Å². The summed E-state index contributed by atoms with van der Waals surface area (Å²) in [5.41, 5.74) is -0.906. The van der Waals surface area contributed by atoms with Gasteiger partial charge in [-0.2, -0.15) is 17.5 Å². The highest BCUT2D eigenvalue weighted by atomic mass is 32.2. The maximum Gasteiger partial charge on any atom is 0.416 e. The highest BCUT2D eigenvalue weighted by molar-refractivity contribution is 7.91. The van der Waals surface area contributed by atoms with E-state index >= 15 is 0 Å². The first-order chi connectivity index (χ1) is 12.6. The molecule has 2 aromatic rings. The van der Waals surface area contributed by atoms with Gasteiger partial charge in [0.2, 0.25) is 5.91 Å². The fraction of sp³-hybridized carbons (Fsp3) is 0.353. The van der Waals surface area contributed by atoms with Crippen molar-refractivity contribution in [3.63, 3.8) is 0 Å². The zero-order chi connectivity index (χ0) is 19.8. The van der Waals surface area contributed by atoms with Crippen molar-refractivity contribution in [1.82, 2.24) is 4.31 Å². The number of amides is 1. The lowest BCUT2D eigenvalue weighted by Crippen LogP contribution is -2.42. The number of alkyl halides is 3. The highest BCUT2D eigenvalue weighted by Gasteiger charge is 2.40. The van der Waals surface area contributed by atoms with Crippen LogP contribution in [0.5, 0.6) is 0 Å². The van der Waals surface area contributed by atoms with Gasteiger partial charge in [-0.05, 0) is 50.1 Å². The molecule has 1 N–H and O–H groups in total. The second-order valence-electron chi connectivity index (χ2n) is 6.21. The largest absolute Gasteiger partial charge is 0.416 e. The molecule has 1 amide bonds. The van der Waals surface area contributed by atoms with Crippen LogP contribution in [0.15, 0.2) is 40.6 Å². The fourth-order valence-corrected chi connectivity index (χ4v) is 6.02. The number of carbonyl (C=O) groups is 1. The van der Waals surface area contributed by atoms with Crippen molar-refractivity contribution < 1.29 is 26.4 Å². The van der Waals surface area contributed by atoms with Crippen LogP contribution in [0.1, 0.15) is 23.3 Å². The molecule has 1 atom stereocenters. The molecule has 0 saturated carbocycles. The second kappa shape index (κ2) is 7.25. The third-order valence-corrected chi connectivity index (χ3v) is 7.62. The Hall–Kier alpha value is -1.91. The van der Waals surface area contributed by atoms with Crippen LogP contribution < -0.4 is 5.32 Å². The van der Waals surface area contributed by atoms with Gasteiger partial charge in [0, 0.05) is 17.1 Å². The first kappa shape index (κ1) is 19.8. The first-order valence-corrected chi connectivity index (χ1v) is 10.4. The van der Waals surface area contributed by atoms with Gasteiger partial charge in [0.25, 0.3) is 10.0 Å². The quantitative estimate of drug-likeness (QED) is 0.820. The molecule has 0 spiro atoms. The van der Waals surface area contributed by atoms with E-state index in [2.05, 4.69) is 5.32 Å². The molecule has 1 fully saturated rings. The molecule has 146 valence electrons. The summed E-state index contributed by atoms with van der Waals surface area (Å²) < 4.78 is 65.3.